The Hall–Kier alpha value is -2.70. The lowest BCUT2D eigenvalue weighted by Gasteiger charge is -2.41. The Morgan fingerprint density at radius 2 is 1.76 bits per heavy atom. The Bertz CT molecular complexity index is 991. The number of aliphatic hydroxyl groups is 1. The van der Waals surface area contributed by atoms with Gasteiger partial charge < -0.3 is 21.1 Å². The zero-order valence-electron chi connectivity index (χ0n) is 19.6. The van der Waals surface area contributed by atoms with E-state index in [4.69, 9.17) is 5.73 Å². The molecule has 1 saturated heterocycles. The van der Waals surface area contributed by atoms with Crippen LogP contribution in [-0.2, 0) is 21.4 Å². The van der Waals surface area contributed by atoms with Crippen LogP contribution in [0.25, 0.3) is 0 Å². The molecule has 2 aromatic rings. The van der Waals surface area contributed by atoms with Gasteiger partial charge in [0.2, 0.25) is 11.8 Å². The molecule has 1 fully saturated rings. The molecule has 0 bridgehead atoms. The molecular formula is C27H35N3O3. The highest BCUT2D eigenvalue weighted by molar-refractivity contribution is 5.91. The number of fused-ring (bicyclic) bond motifs is 2. The van der Waals surface area contributed by atoms with Gasteiger partial charge >= 0.3 is 0 Å². The van der Waals surface area contributed by atoms with Crippen molar-refractivity contribution in [2.75, 3.05) is 13.1 Å². The number of hydrogen-bond donors (Lipinski definition) is 3. The van der Waals surface area contributed by atoms with E-state index in [9.17, 15) is 14.7 Å². The van der Waals surface area contributed by atoms with Crippen molar-refractivity contribution in [2.45, 2.75) is 69.1 Å². The summed E-state index contributed by atoms with van der Waals surface area (Å²) in [7, 11) is 0. The van der Waals surface area contributed by atoms with Gasteiger partial charge in [0.05, 0.1) is 11.6 Å². The van der Waals surface area contributed by atoms with Crippen LogP contribution < -0.4 is 11.1 Å². The zero-order chi connectivity index (χ0) is 23.6. The number of nitrogens with one attached hydrogen (secondary N) is 1. The van der Waals surface area contributed by atoms with Crippen LogP contribution >= 0.6 is 0 Å². The van der Waals surface area contributed by atoms with Gasteiger partial charge in [-0.15, -0.1) is 0 Å². The normalized spacial score (nSPS) is 20.4. The van der Waals surface area contributed by atoms with Crippen molar-refractivity contribution in [3.05, 3.63) is 71.3 Å². The maximum atomic E-state index is 13.5. The highest BCUT2D eigenvalue weighted by Crippen LogP contribution is 2.50. The molecule has 2 atom stereocenters. The van der Waals surface area contributed by atoms with Crippen molar-refractivity contribution in [3.8, 4) is 0 Å². The molecule has 176 valence electrons. The molecule has 1 heterocycles. The SMILES string of the molecule is CC(C)(N)C(=O)N[C@H](CCc1ccccc1)C(=O)N1CCC2(CC1)C[C@H](O)c1ccccc12. The summed E-state index contributed by atoms with van der Waals surface area (Å²) < 4.78 is 0. The molecule has 2 aromatic carbocycles. The lowest BCUT2D eigenvalue weighted by molar-refractivity contribution is -0.139. The lowest BCUT2D eigenvalue weighted by atomic mass is 9.73. The van der Waals surface area contributed by atoms with E-state index in [1.807, 2.05) is 53.4 Å². The molecule has 1 aliphatic carbocycles. The van der Waals surface area contributed by atoms with Gasteiger partial charge in [0.1, 0.15) is 6.04 Å². The summed E-state index contributed by atoms with van der Waals surface area (Å²) in [6, 6.07) is 17.5. The van der Waals surface area contributed by atoms with Gasteiger partial charge in [0, 0.05) is 18.5 Å². The van der Waals surface area contributed by atoms with Crippen LogP contribution in [-0.4, -0.2) is 46.5 Å². The summed E-state index contributed by atoms with van der Waals surface area (Å²) in [5, 5.41) is 13.5. The summed E-state index contributed by atoms with van der Waals surface area (Å²) in [4.78, 5) is 28.0. The summed E-state index contributed by atoms with van der Waals surface area (Å²) >= 11 is 0. The smallest absolute Gasteiger partial charge is 0.245 e. The van der Waals surface area contributed by atoms with Crippen molar-refractivity contribution in [1.29, 1.82) is 0 Å². The highest BCUT2D eigenvalue weighted by atomic mass is 16.3. The van der Waals surface area contributed by atoms with E-state index < -0.39 is 17.7 Å². The molecule has 2 amide bonds. The highest BCUT2D eigenvalue weighted by Gasteiger charge is 2.46. The Morgan fingerprint density at radius 3 is 2.42 bits per heavy atom. The monoisotopic (exact) mass is 449 g/mol. The minimum absolute atomic E-state index is 0.0507. The minimum atomic E-state index is -1.05. The summed E-state index contributed by atoms with van der Waals surface area (Å²) in [6.07, 6.45) is 3.12. The molecule has 2 aliphatic rings. The van der Waals surface area contributed by atoms with E-state index >= 15 is 0 Å². The summed E-state index contributed by atoms with van der Waals surface area (Å²) in [5.41, 5.74) is 8.24. The van der Waals surface area contributed by atoms with Gasteiger partial charge in [-0.25, -0.2) is 0 Å². The fraction of sp³-hybridized carbons (Fsp3) is 0.481. The standard InChI is InChI=1S/C27H35N3O3/c1-26(2,28)25(33)29-22(13-12-19-8-4-3-5-9-19)24(32)30-16-14-27(15-17-30)18-23(31)20-10-6-7-11-21(20)27/h3-11,22-23,31H,12-18,28H2,1-2H3,(H,29,33)/t22-,23+/m1/s1. The molecule has 33 heavy (non-hydrogen) atoms. The second-order valence-corrected chi connectivity index (χ2v) is 10.2. The van der Waals surface area contributed by atoms with Crippen molar-refractivity contribution < 1.29 is 14.7 Å². The molecule has 0 radical (unpaired) electrons. The largest absolute Gasteiger partial charge is 0.388 e. The maximum absolute atomic E-state index is 13.5. The molecule has 4 rings (SSSR count). The quantitative estimate of drug-likeness (QED) is 0.632. The van der Waals surface area contributed by atoms with Crippen molar-refractivity contribution in [1.82, 2.24) is 10.2 Å². The number of carbonyl (C=O) groups is 2. The third-order valence-corrected chi connectivity index (χ3v) is 7.26. The zero-order valence-corrected chi connectivity index (χ0v) is 19.6. The Balaban J connectivity index is 1.45. The predicted octanol–water partition coefficient (Wildman–Crippen LogP) is 2.84. The first-order chi connectivity index (χ1) is 15.7. The Labute approximate surface area is 196 Å². The van der Waals surface area contributed by atoms with Gasteiger partial charge in [-0.2, -0.15) is 0 Å². The number of rotatable bonds is 6. The molecule has 4 N–H and O–H groups in total. The van der Waals surface area contributed by atoms with Crippen molar-refractivity contribution in [3.63, 3.8) is 0 Å². The maximum Gasteiger partial charge on any atom is 0.245 e. The minimum Gasteiger partial charge on any atom is -0.388 e. The first-order valence-corrected chi connectivity index (χ1v) is 11.9. The molecule has 0 unspecified atom stereocenters. The number of amides is 2. The van der Waals surface area contributed by atoms with Gasteiger partial charge in [-0.1, -0.05) is 54.6 Å². The first-order valence-electron chi connectivity index (χ1n) is 11.9. The number of piperidine rings is 1. The van der Waals surface area contributed by atoms with Crippen LogP contribution in [0.4, 0.5) is 0 Å². The summed E-state index contributed by atoms with van der Waals surface area (Å²) in [6.45, 7) is 4.52. The Morgan fingerprint density at radius 1 is 1.12 bits per heavy atom. The first kappa shape index (κ1) is 23.5. The van der Waals surface area contributed by atoms with Crippen molar-refractivity contribution in [2.24, 2.45) is 5.73 Å². The third-order valence-electron chi connectivity index (χ3n) is 7.26. The topological polar surface area (TPSA) is 95.7 Å². The average Bonchev–Trinajstić information content (AvgIpc) is 3.08. The fourth-order valence-electron chi connectivity index (χ4n) is 5.27. The molecule has 1 aliphatic heterocycles. The van der Waals surface area contributed by atoms with Gasteiger partial charge in [-0.05, 0) is 62.6 Å². The predicted molar refractivity (Wildman–Crippen MR) is 128 cm³/mol. The van der Waals surface area contributed by atoms with E-state index in [1.165, 1.54) is 5.56 Å². The molecule has 6 heteroatoms. The number of carbonyl (C=O) groups excluding carboxylic acids is 2. The number of likely N-dealkylation sites (tertiary alicyclic amines) is 1. The average molecular weight is 450 g/mol. The second-order valence-electron chi connectivity index (χ2n) is 10.2. The summed E-state index contributed by atoms with van der Waals surface area (Å²) in [5.74, 6) is -0.375. The number of benzene rings is 2. The van der Waals surface area contributed by atoms with Crippen LogP contribution in [0.1, 0.15) is 62.3 Å². The van der Waals surface area contributed by atoms with Crippen molar-refractivity contribution >= 4 is 11.8 Å². The van der Waals surface area contributed by atoms with E-state index in [0.717, 1.165) is 24.0 Å². The van der Waals surface area contributed by atoms with E-state index in [-0.39, 0.29) is 17.2 Å². The Kier molecular flexibility index (Phi) is 6.59. The van der Waals surface area contributed by atoms with Crippen LogP contribution in [0.5, 0.6) is 0 Å². The molecule has 0 saturated carbocycles. The van der Waals surface area contributed by atoms with E-state index in [1.54, 1.807) is 13.8 Å². The van der Waals surface area contributed by atoms with Gasteiger partial charge in [0.25, 0.3) is 0 Å². The van der Waals surface area contributed by atoms with Crippen LogP contribution in [0.2, 0.25) is 0 Å². The van der Waals surface area contributed by atoms with E-state index in [2.05, 4.69) is 11.4 Å². The van der Waals surface area contributed by atoms with E-state index in [0.29, 0.717) is 32.4 Å². The second kappa shape index (κ2) is 9.27. The lowest BCUT2D eigenvalue weighted by Crippen LogP contribution is -2.57. The number of nitrogens with two attached hydrogens (primary N) is 1. The number of hydrogen-bond acceptors (Lipinski definition) is 4. The fourth-order valence-corrected chi connectivity index (χ4v) is 5.27. The van der Waals surface area contributed by atoms with Gasteiger partial charge in [0.15, 0.2) is 0 Å². The number of nitrogens with zero attached hydrogens (tertiary/aromatic N) is 1. The number of aryl methyl sites for hydroxylation is 1. The molecule has 6 nitrogen and oxygen atoms in total. The van der Waals surface area contributed by atoms with Crippen LogP contribution in [0.3, 0.4) is 0 Å². The third kappa shape index (κ3) is 4.97. The number of aliphatic hydroxyl groups excluding tert-OH is 1. The molecular weight excluding hydrogens is 414 g/mol. The molecule has 0 aromatic heterocycles. The molecule has 1 spiro atoms. The van der Waals surface area contributed by atoms with Crippen LogP contribution in [0.15, 0.2) is 54.6 Å². The van der Waals surface area contributed by atoms with Gasteiger partial charge in [-0.3, -0.25) is 9.59 Å². The van der Waals surface area contributed by atoms with Crippen LogP contribution in [0, 0.1) is 0 Å².